The van der Waals surface area contributed by atoms with E-state index in [1.807, 2.05) is 0 Å². The van der Waals surface area contributed by atoms with Gasteiger partial charge in [0.15, 0.2) is 0 Å². The van der Waals surface area contributed by atoms with E-state index < -0.39 is 11.9 Å². The summed E-state index contributed by atoms with van der Waals surface area (Å²) in [5.41, 5.74) is 3.89. The summed E-state index contributed by atoms with van der Waals surface area (Å²) < 4.78 is 27.3. The molecule has 0 bridgehead atoms. The summed E-state index contributed by atoms with van der Waals surface area (Å²) in [5.74, 6) is -1.04. The Hall–Kier alpha value is -2.51. The van der Waals surface area contributed by atoms with Crippen molar-refractivity contribution in [3.63, 3.8) is 0 Å². The lowest BCUT2D eigenvalue weighted by Crippen LogP contribution is -2.38. The molecular weight excluding hydrogens is 364 g/mol. The number of hydroxylamine groups is 1. The van der Waals surface area contributed by atoms with Crippen molar-refractivity contribution in [3.05, 3.63) is 64.7 Å². The van der Waals surface area contributed by atoms with Gasteiger partial charge in [-0.15, -0.1) is 0 Å². The van der Waals surface area contributed by atoms with E-state index in [0.29, 0.717) is 48.3 Å². The lowest BCUT2D eigenvalue weighted by molar-refractivity contribution is -0.130. The predicted octanol–water partition coefficient (Wildman–Crippen LogP) is 3.83. The highest BCUT2D eigenvalue weighted by atomic mass is 19.1. The normalized spacial score (nSPS) is 11.9. The molecule has 0 aromatic heterocycles. The molecule has 0 aliphatic rings. The van der Waals surface area contributed by atoms with E-state index in [2.05, 4.69) is 10.6 Å². The molecule has 0 spiro atoms. The zero-order valence-corrected chi connectivity index (χ0v) is 16.2. The molecule has 1 amide bonds. The number of hydrogen-bond donors (Lipinski definition) is 4. The van der Waals surface area contributed by atoms with Crippen LogP contribution in [0.2, 0.25) is 0 Å². The van der Waals surface area contributed by atoms with Crippen molar-refractivity contribution in [2.75, 3.05) is 11.9 Å². The third kappa shape index (κ3) is 6.28. The fraction of sp³-hybridized carbons (Fsp3) is 0.381. The highest BCUT2D eigenvalue weighted by molar-refractivity contribution is 5.83. The van der Waals surface area contributed by atoms with Crippen LogP contribution in [0.15, 0.2) is 36.4 Å². The second-order valence-electron chi connectivity index (χ2n) is 6.86. The predicted molar refractivity (Wildman–Crippen MR) is 105 cm³/mol. The first kappa shape index (κ1) is 21.8. The molecule has 0 unspecified atom stereocenters. The second-order valence-corrected chi connectivity index (χ2v) is 6.86. The Morgan fingerprint density at radius 3 is 2.43 bits per heavy atom. The van der Waals surface area contributed by atoms with E-state index in [9.17, 15) is 13.6 Å². The maximum Gasteiger partial charge on any atom is 0.265 e. The van der Waals surface area contributed by atoms with Gasteiger partial charge < -0.3 is 10.6 Å². The summed E-state index contributed by atoms with van der Waals surface area (Å²) in [7, 11) is 0. The average molecular weight is 391 g/mol. The zero-order chi connectivity index (χ0) is 20.5. The summed E-state index contributed by atoms with van der Waals surface area (Å²) in [5, 5.41) is 15.2. The minimum atomic E-state index is -0.638. The van der Waals surface area contributed by atoms with Crippen molar-refractivity contribution < 1.29 is 18.8 Å². The van der Waals surface area contributed by atoms with Gasteiger partial charge in [0.2, 0.25) is 0 Å². The summed E-state index contributed by atoms with van der Waals surface area (Å²) in [6.45, 7) is 4.45. The van der Waals surface area contributed by atoms with Crippen LogP contribution in [0.25, 0.3) is 0 Å². The second kappa shape index (κ2) is 10.7. The van der Waals surface area contributed by atoms with E-state index in [-0.39, 0.29) is 11.6 Å². The fourth-order valence-electron chi connectivity index (χ4n) is 3.04. The minimum absolute atomic E-state index is 0.233. The van der Waals surface area contributed by atoms with Gasteiger partial charge >= 0.3 is 0 Å². The first-order chi connectivity index (χ1) is 13.4. The number of nitrogens with one attached hydrogen (secondary N) is 3. The van der Waals surface area contributed by atoms with Crippen LogP contribution in [0.1, 0.15) is 36.0 Å². The highest BCUT2D eigenvalue weighted by Gasteiger charge is 2.18. The topological polar surface area (TPSA) is 73.4 Å². The number of halogens is 2. The van der Waals surface area contributed by atoms with Crippen LogP contribution in [0, 0.1) is 25.5 Å². The van der Waals surface area contributed by atoms with Crippen LogP contribution in [0.4, 0.5) is 14.5 Å². The lowest BCUT2D eigenvalue weighted by Gasteiger charge is -2.19. The van der Waals surface area contributed by atoms with E-state index in [1.54, 1.807) is 49.7 Å². The van der Waals surface area contributed by atoms with Gasteiger partial charge in [-0.3, -0.25) is 10.0 Å². The number of carbonyl (C=O) groups excluding carboxylic acids is 1. The van der Waals surface area contributed by atoms with Gasteiger partial charge in [0.1, 0.15) is 17.7 Å². The Morgan fingerprint density at radius 2 is 1.79 bits per heavy atom. The number of rotatable bonds is 10. The molecule has 28 heavy (non-hydrogen) atoms. The Kier molecular flexibility index (Phi) is 8.35. The third-order valence-electron chi connectivity index (χ3n) is 4.57. The number of anilines is 1. The lowest BCUT2D eigenvalue weighted by atomic mass is 10.1. The number of unbranched alkanes of at least 4 members (excludes halogenated alkanes) is 1. The average Bonchev–Trinajstić information content (AvgIpc) is 2.68. The Bertz CT molecular complexity index is 776. The number of benzene rings is 2. The van der Waals surface area contributed by atoms with Gasteiger partial charge in [0.25, 0.3) is 5.91 Å². The molecule has 2 aromatic carbocycles. The molecule has 0 aliphatic heterocycles. The first-order valence-corrected chi connectivity index (χ1v) is 9.33. The van der Waals surface area contributed by atoms with Crippen LogP contribution >= 0.6 is 0 Å². The van der Waals surface area contributed by atoms with E-state index in [0.717, 1.165) is 6.42 Å². The largest absolute Gasteiger partial charge is 0.374 e. The monoisotopic (exact) mass is 391 g/mol. The minimum Gasteiger partial charge on any atom is -0.374 e. The Labute approximate surface area is 164 Å². The zero-order valence-electron chi connectivity index (χ0n) is 16.2. The SMILES string of the molecule is Cc1cc(N[C@H](CCCCNCc2ccccc2F)C(=O)NO)cc(C)c1F. The number of hydrogen-bond acceptors (Lipinski definition) is 4. The van der Waals surface area contributed by atoms with Gasteiger partial charge in [-0.05, 0) is 69.0 Å². The molecule has 152 valence electrons. The molecular formula is C21H27F2N3O2. The molecule has 7 heteroatoms. The van der Waals surface area contributed by atoms with E-state index >= 15 is 0 Å². The van der Waals surface area contributed by atoms with Gasteiger partial charge in [0, 0.05) is 17.8 Å². The van der Waals surface area contributed by atoms with Gasteiger partial charge in [-0.1, -0.05) is 18.2 Å². The standard InChI is InChI=1S/C21H27F2N3O2/c1-14-11-17(12-15(2)20(14)23)25-19(21(27)26-28)9-5-6-10-24-13-16-7-3-4-8-18(16)22/h3-4,7-8,11-12,19,24-25,28H,5-6,9-10,13H2,1-2H3,(H,26,27)/t19-/m1/s1. The van der Waals surface area contributed by atoms with Crippen molar-refractivity contribution in [3.8, 4) is 0 Å². The van der Waals surface area contributed by atoms with Crippen molar-refractivity contribution in [2.24, 2.45) is 0 Å². The molecule has 0 fully saturated rings. The van der Waals surface area contributed by atoms with Crippen molar-refractivity contribution >= 4 is 11.6 Å². The van der Waals surface area contributed by atoms with Gasteiger partial charge in [-0.25, -0.2) is 14.3 Å². The number of amides is 1. The molecule has 1 atom stereocenters. The molecule has 0 radical (unpaired) electrons. The van der Waals surface area contributed by atoms with Gasteiger partial charge in [0.05, 0.1) is 0 Å². The molecule has 2 aromatic rings. The summed E-state index contributed by atoms with van der Waals surface area (Å²) in [6, 6.07) is 9.25. The summed E-state index contributed by atoms with van der Waals surface area (Å²) in [6.07, 6.45) is 1.99. The third-order valence-corrected chi connectivity index (χ3v) is 4.57. The van der Waals surface area contributed by atoms with Crippen LogP contribution < -0.4 is 16.1 Å². The molecule has 2 rings (SSSR count). The van der Waals surface area contributed by atoms with E-state index in [4.69, 9.17) is 5.21 Å². The first-order valence-electron chi connectivity index (χ1n) is 9.33. The van der Waals surface area contributed by atoms with Gasteiger partial charge in [-0.2, -0.15) is 0 Å². The number of carbonyl (C=O) groups is 1. The maximum atomic E-state index is 13.8. The molecule has 0 saturated heterocycles. The quantitative estimate of drug-likeness (QED) is 0.282. The number of aryl methyl sites for hydroxylation is 2. The molecule has 4 N–H and O–H groups in total. The molecule has 0 heterocycles. The van der Waals surface area contributed by atoms with Crippen LogP contribution in [0.5, 0.6) is 0 Å². The maximum absolute atomic E-state index is 13.8. The van der Waals surface area contributed by atoms with Crippen LogP contribution in [-0.4, -0.2) is 23.7 Å². The summed E-state index contributed by atoms with van der Waals surface area (Å²) >= 11 is 0. The van der Waals surface area contributed by atoms with Crippen molar-refractivity contribution in [1.29, 1.82) is 0 Å². The fourth-order valence-corrected chi connectivity index (χ4v) is 3.04. The van der Waals surface area contributed by atoms with E-state index in [1.165, 1.54) is 6.07 Å². The Morgan fingerprint density at radius 1 is 1.11 bits per heavy atom. The van der Waals surface area contributed by atoms with Crippen LogP contribution in [0.3, 0.4) is 0 Å². The van der Waals surface area contributed by atoms with Crippen molar-refractivity contribution in [1.82, 2.24) is 10.8 Å². The highest BCUT2D eigenvalue weighted by Crippen LogP contribution is 2.20. The molecule has 5 nitrogen and oxygen atoms in total. The molecule has 0 saturated carbocycles. The smallest absolute Gasteiger partial charge is 0.265 e. The van der Waals surface area contributed by atoms with Crippen LogP contribution in [-0.2, 0) is 11.3 Å². The molecule has 0 aliphatic carbocycles. The van der Waals surface area contributed by atoms with Crippen molar-refractivity contribution in [2.45, 2.75) is 45.7 Å². The Balaban J connectivity index is 1.81. The summed E-state index contributed by atoms with van der Waals surface area (Å²) in [4.78, 5) is 11.9.